The highest BCUT2D eigenvalue weighted by Crippen LogP contribution is 2.32. The Balaban J connectivity index is 2.50. The SMILES string of the molecule is COCOC(=O)C(C)(C(=O)c1ccc(OC)c(I)c1)c1ccccc1. The van der Waals surface area contributed by atoms with E-state index in [4.69, 9.17) is 14.2 Å². The summed E-state index contributed by atoms with van der Waals surface area (Å²) in [6.45, 7) is 1.36. The van der Waals surface area contributed by atoms with Crippen molar-refractivity contribution in [2.24, 2.45) is 0 Å². The smallest absolute Gasteiger partial charge is 0.326 e. The van der Waals surface area contributed by atoms with E-state index in [-0.39, 0.29) is 12.6 Å². The van der Waals surface area contributed by atoms with Gasteiger partial charge >= 0.3 is 5.97 Å². The number of carbonyl (C=O) groups is 2. The molecule has 2 aromatic rings. The second-order valence-corrected chi connectivity index (χ2v) is 6.67. The molecular formula is C19H19IO5. The van der Waals surface area contributed by atoms with Gasteiger partial charge in [0.2, 0.25) is 0 Å². The van der Waals surface area contributed by atoms with E-state index in [1.54, 1.807) is 56.5 Å². The number of Topliss-reactive ketones (excluding diaryl/α,β-unsaturated/α-hetero) is 1. The number of ketones is 1. The highest BCUT2D eigenvalue weighted by molar-refractivity contribution is 14.1. The third-order valence-corrected chi connectivity index (χ3v) is 4.78. The molecule has 0 radical (unpaired) electrons. The van der Waals surface area contributed by atoms with Crippen LogP contribution in [0.5, 0.6) is 5.75 Å². The summed E-state index contributed by atoms with van der Waals surface area (Å²) in [7, 11) is 2.98. The maximum absolute atomic E-state index is 13.2. The van der Waals surface area contributed by atoms with Crippen LogP contribution in [0.3, 0.4) is 0 Å². The van der Waals surface area contributed by atoms with E-state index in [1.165, 1.54) is 7.11 Å². The van der Waals surface area contributed by atoms with Gasteiger partial charge in [0, 0.05) is 12.7 Å². The average Bonchev–Trinajstić information content (AvgIpc) is 2.65. The van der Waals surface area contributed by atoms with Crippen LogP contribution < -0.4 is 4.74 Å². The minimum Gasteiger partial charge on any atom is -0.496 e. The van der Waals surface area contributed by atoms with Crippen molar-refractivity contribution in [1.29, 1.82) is 0 Å². The molecule has 0 aliphatic heterocycles. The van der Waals surface area contributed by atoms with Crippen LogP contribution in [0.25, 0.3) is 0 Å². The lowest BCUT2D eigenvalue weighted by atomic mass is 9.76. The van der Waals surface area contributed by atoms with Gasteiger partial charge in [-0.25, -0.2) is 0 Å². The van der Waals surface area contributed by atoms with Crippen molar-refractivity contribution in [3.05, 3.63) is 63.2 Å². The fourth-order valence-corrected chi connectivity index (χ4v) is 3.20. The lowest BCUT2D eigenvalue weighted by Gasteiger charge is -2.26. The van der Waals surface area contributed by atoms with Gasteiger partial charge in [-0.3, -0.25) is 9.59 Å². The summed E-state index contributed by atoms with van der Waals surface area (Å²) in [6, 6.07) is 13.9. The van der Waals surface area contributed by atoms with Gasteiger partial charge in [0.15, 0.2) is 18.0 Å². The monoisotopic (exact) mass is 454 g/mol. The molecule has 0 amide bonds. The predicted molar refractivity (Wildman–Crippen MR) is 102 cm³/mol. The van der Waals surface area contributed by atoms with Crippen molar-refractivity contribution in [2.45, 2.75) is 12.3 Å². The summed E-state index contributed by atoms with van der Waals surface area (Å²) >= 11 is 2.09. The molecule has 2 aromatic carbocycles. The molecule has 1 atom stereocenters. The Morgan fingerprint density at radius 1 is 1.08 bits per heavy atom. The maximum atomic E-state index is 13.2. The standard InChI is InChI=1S/C19H19IO5/c1-19(18(22)25-12-23-2,14-7-5-4-6-8-14)17(21)13-9-10-16(24-3)15(20)11-13/h4-11H,12H2,1-3H3. The molecule has 0 spiro atoms. The summed E-state index contributed by atoms with van der Waals surface area (Å²) in [6.07, 6.45) is 0. The molecule has 0 aromatic heterocycles. The van der Waals surface area contributed by atoms with Gasteiger partial charge in [-0.15, -0.1) is 0 Å². The van der Waals surface area contributed by atoms with Gasteiger partial charge in [0.1, 0.15) is 5.75 Å². The topological polar surface area (TPSA) is 61.8 Å². The first kappa shape index (κ1) is 19.4. The van der Waals surface area contributed by atoms with Crippen molar-refractivity contribution in [2.75, 3.05) is 21.0 Å². The normalized spacial score (nSPS) is 13.0. The fraction of sp³-hybridized carbons (Fsp3) is 0.263. The number of hydrogen-bond donors (Lipinski definition) is 0. The Morgan fingerprint density at radius 2 is 1.76 bits per heavy atom. The summed E-state index contributed by atoms with van der Waals surface area (Å²) < 4.78 is 15.9. The number of methoxy groups -OCH3 is 2. The molecule has 0 aliphatic carbocycles. The first-order chi connectivity index (χ1) is 11.9. The number of carbonyl (C=O) groups excluding carboxylic acids is 2. The van der Waals surface area contributed by atoms with E-state index < -0.39 is 11.4 Å². The highest BCUT2D eigenvalue weighted by Gasteiger charge is 2.44. The van der Waals surface area contributed by atoms with E-state index in [2.05, 4.69) is 22.6 Å². The molecule has 6 heteroatoms. The molecule has 0 bridgehead atoms. The van der Waals surface area contributed by atoms with E-state index >= 15 is 0 Å². The zero-order valence-electron chi connectivity index (χ0n) is 14.2. The van der Waals surface area contributed by atoms with Crippen LogP contribution in [0.4, 0.5) is 0 Å². The number of hydrogen-bond acceptors (Lipinski definition) is 5. The summed E-state index contributed by atoms with van der Waals surface area (Å²) in [4.78, 5) is 25.9. The van der Waals surface area contributed by atoms with E-state index in [1.807, 2.05) is 6.07 Å². The molecule has 1 unspecified atom stereocenters. The van der Waals surface area contributed by atoms with Gasteiger partial charge in [-0.2, -0.15) is 0 Å². The predicted octanol–water partition coefficient (Wildman–Crippen LogP) is 3.59. The largest absolute Gasteiger partial charge is 0.496 e. The minimum atomic E-state index is -1.47. The lowest BCUT2D eigenvalue weighted by Crippen LogP contribution is -2.42. The minimum absolute atomic E-state index is 0.214. The maximum Gasteiger partial charge on any atom is 0.326 e. The van der Waals surface area contributed by atoms with Crippen molar-refractivity contribution < 1.29 is 23.8 Å². The number of ether oxygens (including phenoxy) is 3. The average molecular weight is 454 g/mol. The van der Waals surface area contributed by atoms with Crippen LogP contribution in [-0.2, 0) is 19.7 Å². The van der Waals surface area contributed by atoms with Crippen LogP contribution in [0.1, 0.15) is 22.8 Å². The molecule has 0 fully saturated rings. The molecule has 132 valence electrons. The van der Waals surface area contributed by atoms with Crippen LogP contribution in [0, 0.1) is 3.57 Å². The van der Waals surface area contributed by atoms with Crippen molar-refractivity contribution in [3.8, 4) is 5.75 Å². The second-order valence-electron chi connectivity index (χ2n) is 5.51. The molecule has 0 N–H and O–H groups in total. The Kier molecular flexibility index (Phi) is 6.55. The molecule has 25 heavy (non-hydrogen) atoms. The van der Waals surface area contributed by atoms with Crippen molar-refractivity contribution in [1.82, 2.24) is 0 Å². The van der Waals surface area contributed by atoms with Crippen LogP contribution in [-0.4, -0.2) is 32.8 Å². The fourth-order valence-electron chi connectivity index (χ4n) is 2.47. The van der Waals surface area contributed by atoms with Crippen LogP contribution in [0.15, 0.2) is 48.5 Å². The molecule has 0 heterocycles. The molecular weight excluding hydrogens is 435 g/mol. The summed E-state index contributed by atoms with van der Waals surface area (Å²) in [5, 5.41) is 0. The molecule has 0 saturated carbocycles. The Bertz CT molecular complexity index is 760. The highest BCUT2D eigenvalue weighted by atomic mass is 127. The first-order valence-electron chi connectivity index (χ1n) is 7.55. The van der Waals surface area contributed by atoms with Gasteiger partial charge in [0.05, 0.1) is 10.7 Å². The van der Waals surface area contributed by atoms with Crippen LogP contribution >= 0.6 is 22.6 Å². The summed E-state index contributed by atoms with van der Waals surface area (Å²) in [5.74, 6) is -0.336. The molecule has 2 rings (SSSR count). The van der Waals surface area contributed by atoms with Crippen molar-refractivity contribution >= 4 is 34.3 Å². The van der Waals surface area contributed by atoms with Gasteiger partial charge in [0.25, 0.3) is 0 Å². The van der Waals surface area contributed by atoms with Crippen molar-refractivity contribution in [3.63, 3.8) is 0 Å². The quantitative estimate of drug-likeness (QED) is 0.211. The third-order valence-electron chi connectivity index (χ3n) is 3.94. The molecule has 0 saturated heterocycles. The Labute approximate surface area is 160 Å². The lowest BCUT2D eigenvalue weighted by molar-refractivity contribution is -0.158. The second kappa shape index (κ2) is 8.44. The Morgan fingerprint density at radius 3 is 2.32 bits per heavy atom. The third kappa shape index (κ3) is 4.01. The van der Waals surface area contributed by atoms with Gasteiger partial charge in [-0.1, -0.05) is 30.3 Å². The first-order valence-corrected chi connectivity index (χ1v) is 8.63. The van der Waals surface area contributed by atoms with E-state index in [0.29, 0.717) is 16.9 Å². The number of halogens is 1. The number of rotatable bonds is 7. The van der Waals surface area contributed by atoms with E-state index in [0.717, 1.165) is 3.57 Å². The molecule has 5 nitrogen and oxygen atoms in total. The van der Waals surface area contributed by atoms with Crippen LogP contribution in [0.2, 0.25) is 0 Å². The number of esters is 1. The Hall–Kier alpha value is -1.93. The zero-order valence-corrected chi connectivity index (χ0v) is 16.4. The summed E-state index contributed by atoms with van der Waals surface area (Å²) in [5.41, 5.74) is -0.505. The number of benzene rings is 2. The van der Waals surface area contributed by atoms with Gasteiger partial charge in [-0.05, 0) is 53.3 Å². The van der Waals surface area contributed by atoms with Gasteiger partial charge < -0.3 is 14.2 Å². The van der Waals surface area contributed by atoms with E-state index in [9.17, 15) is 9.59 Å². The zero-order chi connectivity index (χ0) is 18.4. The molecule has 0 aliphatic rings.